The highest BCUT2D eigenvalue weighted by Gasteiger charge is 2.20. The van der Waals surface area contributed by atoms with E-state index in [4.69, 9.17) is 5.73 Å². The lowest BCUT2D eigenvalue weighted by Crippen LogP contribution is -2.32. The van der Waals surface area contributed by atoms with Crippen LogP contribution in [0.5, 0.6) is 0 Å². The topological polar surface area (TPSA) is 77.1 Å². The zero-order valence-electron chi connectivity index (χ0n) is 11.5. The molecule has 0 aromatic carbocycles. The maximum absolute atomic E-state index is 12.1. The molecule has 1 aromatic rings. The van der Waals surface area contributed by atoms with Crippen molar-refractivity contribution in [2.75, 3.05) is 6.54 Å². The second-order valence-corrected chi connectivity index (χ2v) is 7.31. The number of nitrogens with zero attached hydrogens (tertiary/aromatic N) is 1. The van der Waals surface area contributed by atoms with Gasteiger partial charge in [0.2, 0.25) is 10.0 Å². The van der Waals surface area contributed by atoms with Gasteiger partial charge in [0.25, 0.3) is 0 Å². The first-order chi connectivity index (χ1) is 8.19. The Morgan fingerprint density at radius 1 is 1.39 bits per heavy atom. The largest absolute Gasteiger partial charge is 0.349 e. The van der Waals surface area contributed by atoms with Gasteiger partial charge in [0, 0.05) is 31.5 Å². The van der Waals surface area contributed by atoms with Crippen LogP contribution in [0.25, 0.3) is 0 Å². The summed E-state index contributed by atoms with van der Waals surface area (Å²) in [6.45, 7) is 9.36. The number of aromatic nitrogens is 1. The summed E-state index contributed by atoms with van der Waals surface area (Å²) in [5.41, 5.74) is 6.33. The fourth-order valence-electron chi connectivity index (χ4n) is 1.53. The number of nitrogens with two attached hydrogens (primary N) is 1. The first-order valence-corrected chi connectivity index (χ1v) is 7.56. The van der Waals surface area contributed by atoms with Crippen molar-refractivity contribution in [3.05, 3.63) is 18.0 Å². The molecule has 6 heteroatoms. The summed E-state index contributed by atoms with van der Waals surface area (Å²) in [7, 11) is -3.44. The van der Waals surface area contributed by atoms with Gasteiger partial charge in [-0.25, -0.2) is 13.1 Å². The molecule has 0 aliphatic carbocycles. The van der Waals surface area contributed by atoms with Crippen LogP contribution < -0.4 is 10.5 Å². The number of hydrogen-bond donors (Lipinski definition) is 2. The lowest BCUT2D eigenvalue weighted by molar-refractivity contribution is 0.407. The molecule has 0 spiro atoms. The van der Waals surface area contributed by atoms with Crippen LogP contribution in [0.1, 0.15) is 33.4 Å². The van der Waals surface area contributed by atoms with Gasteiger partial charge in [-0.1, -0.05) is 20.8 Å². The van der Waals surface area contributed by atoms with Gasteiger partial charge in [-0.15, -0.1) is 0 Å². The molecule has 1 rings (SSSR count). The molecule has 1 heterocycles. The lowest BCUT2D eigenvalue weighted by atomic mass is 9.98. The number of hydrogen-bond acceptors (Lipinski definition) is 3. The van der Waals surface area contributed by atoms with Crippen LogP contribution in [-0.2, 0) is 23.1 Å². The molecule has 0 aliphatic rings. The molecule has 104 valence electrons. The van der Waals surface area contributed by atoms with Gasteiger partial charge in [0.15, 0.2) is 0 Å². The summed E-state index contributed by atoms with van der Waals surface area (Å²) >= 11 is 0. The van der Waals surface area contributed by atoms with Crippen molar-refractivity contribution in [3.63, 3.8) is 0 Å². The predicted octanol–water partition coefficient (Wildman–Crippen LogP) is 1.29. The van der Waals surface area contributed by atoms with Crippen LogP contribution in [0.2, 0.25) is 0 Å². The Bertz CT molecular complexity index is 476. The molecule has 0 amide bonds. The first-order valence-electron chi connectivity index (χ1n) is 6.08. The molecule has 0 unspecified atom stereocenters. The minimum Gasteiger partial charge on any atom is -0.349 e. The monoisotopic (exact) mass is 273 g/mol. The average Bonchev–Trinajstić information content (AvgIpc) is 2.69. The molecule has 0 bridgehead atoms. The highest BCUT2D eigenvalue weighted by Crippen LogP contribution is 2.16. The van der Waals surface area contributed by atoms with Crippen LogP contribution in [0.4, 0.5) is 0 Å². The molecule has 0 radical (unpaired) electrons. The minimum atomic E-state index is -3.44. The average molecular weight is 273 g/mol. The number of rotatable bonds is 5. The molecule has 3 N–H and O–H groups in total. The molecule has 5 nitrogen and oxygen atoms in total. The molecule has 0 saturated carbocycles. The smallest absolute Gasteiger partial charge is 0.242 e. The van der Waals surface area contributed by atoms with Crippen molar-refractivity contribution in [2.24, 2.45) is 11.1 Å². The first kappa shape index (κ1) is 15.2. The van der Waals surface area contributed by atoms with Crippen molar-refractivity contribution in [1.82, 2.24) is 9.29 Å². The summed E-state index contributed by atoms with van der Waals surface area (Å²) in [5, 5.41) is 0. The Morgan fingerprint density at radius 3 is 2.39 bits per heavy atom. The Labute approximate surface area is 109 Å². The second kappa shape index (κ2) is 5.42. The Morgan fingerprint density at radius 2 is 2.00 bits per heavy atom. The van der Waals surface area contributed by atoms with E-state index < -0.39 is 10.0 Å². The summed E-state index contributed by atoms with van der Waals surface area (Å²) in [5.74, 6) is 0. The van der Waals surface area contributed by atoms with E-state index in [1.54, 1.807) is 12.3 Å². The van der Waals surface area contributed by atoms with Crippen molar-refractivity contribution in [1.29, 1.82) is 0 Å². The molecular formula is C12H23N3O2S. The van der Waals surface area contributed by atoms with E-state index in [0.717, 1.165) is 5.69 Å². The standard InChI is InChI=1S/C12H23N3O2S/c1-5-15-8-11(6-10(15)7-13)18(16,17)14-9-12(2,3)4/h6,8,14H,5,7,9,13H2,1-4H3. The third-order valence-electron chi connectivity index (χ3n) is 2.61. The lowest BCUT2D eigenvalue weighted by Gasteiger charge is -2.18. The number of sulfonamides is 1. The Balaban J connectivity index is 2.95. The zero-order valence-corrected chi connectivity index (χ0v) is 12.3. The highest BCUT2D eigenvalue weighted by atomic mass is 32.2. The third-order valence-corrected chi connectivity index (χ3v) is 3.98. The van der Waals surface area contributed by atoms with Crippen molar-refractivity contribution in [3.8, 4) is 0 Å². The molecular weight excluding hydrogens is 250 g/mol. The molecule has 0 saturated heterocycles. The fourth-order valence-corrected chi connectivity index (χ4v) is 2.88. The summed E-state index contributed by atoms with van der Waals surface area (Å²) in [4.78, 5) is 0.286. The van der Waals surface area contributed by atoms with Gasteiger partial charge in [0.05, 0.1) is 4.90 Å². The van der Waals surface area contributed by atoms with Crippen LogP contribution in [0.15, 0.2) is 17.2 Å². The van der Waals surface area contributed by atoms with Crippen molar-refractivity contribution >= 4 is 10.0 Å². The van der Waals surface area contributed by atoms with Crippen LogP contribution in [0.3, 0.4) is 0 Å². The van der Waals surface area contributed by atoms with Crippen molar-refractivity contribution < 1.29 is 8.42 Å². The Kier molecular flexibility index (Phi) is 4.58. The minimum absolute atomic E-state index is 0.0862. The zero-order chi connectivity index (χ0) is 14.0. The van der Waals surface area contributed by atoms with E-state index >= 15 is 0 Å². The maximum Gasteiger partial charge on any atom is 0.242 e. The molecule has 0 atom stereocenters. The van der Waals surface area contributed by atoms with E-state index in [2.05, 4.69) is 4.72 Å². The fraction of sp³-hybridized carbons (Fsp3) is 0.667. The van der Waals surface area contributed by atoms with E-state index in [0.29, 0.717) is 19.6 Å². The maximum atomic E-state index is 12.1. The van der Waals surface area contributed by atoms with Gasteiger partial charge in [0.1, 0.15) is 0 Å². The van der Waals surface area contributed by atoms with E-state index in [-0.39, 0.29) is 10.3 Å². The van der Waals surface area contributed by atoms with Gasteiger partial charge >= 0.3 is 0 Å². The predicted molar refractivity (Wildman–Crippen MR) is 72.6 cm³/mol. The summed E-state index contributed by atoms with van der Waals surface area (Å²) in [6.07, 6.45) is 1.63. The Hall–Kier alpha value is -0.850. The van der Waals surface area contributed by atoms with Gasteiger partial charge in [-0.3, -0.25) is 0 Å². The van der Waals surface area contributed by atoms with E-state index in [1.165, 1.54) is 0 Å². The van der Waals surface area contributed by atoms with Gasteiger partial charge in [-0.2, -0.15) is 0 Å². The third kappa shape index (κ3) is 3.83. The molecule has 1 aromatic heterocycles. The number of aryl methyl sites for hydroxylation is 1. The highest BCUT2D eigenvalue weighted by molar-refractivity contribution is 7.89. The number of nitrogens with one attached hydrogen (secondary N) is 1. The van der Waals surface area contributed by atoms with Crippen LogP contribution in [-0.4, -0.2) is 19.5 Å². The molecule has 0 aliphatic heterocycles. The van der Waals surface area contributed by atoms with Crippen LogP contribution >= 0.6 is 0 Å². The normalized spacial score (nSPS) is 12.9. The SMILES string of the molecule is CCn1cc(S(=O)(=O)NCC(C)(C)C)cc1CN. The van der Waals surface area contributed by atoms with E-state index in [1.807, 2.05) is 32.3 Å². The van der Waals surface area contributed by atoms with Crippen LogP contribution in [0, 0.1) is 5.41 Å². The van der Waals surface area contributed by atoms with Crippen molar-refractivity contribution in [2.45, 2.75) is 45.7 Å². The molecule has 0 fully saturated rings. The quantitative estimate of drug-likeness (QED) is 0.848. The van der Waals surface area contributed by atoms with Gasteiger partial charge in [-0.05, 0) is 18.4 Å². The van der Waals surface area contributed by atoms with E-state index in [9.17, 15) is 8.42 Å². The summed E-state index contributed by atoms with van der Waals surface area (Å²) in [6, 6.07) is 1.63. The van der Waals surface area contributed by atoms with Gasteiger partial charge < -0.3 is 10.3 Å². The summed E-state index contributed by atoms with van der Waals surface area (Å²) < 4.78 is 28.7. The molecule has 18 heavy (non-hydrogen) atoms. The second-order valence-electron chi connectivity index (χ2n) is 5.54.